The van der Waals surface area contributed by atoms with Gasteiger partial charge in [0.25, 0.3) is 0 Å². The Kier molecular flexibility index (Phi) is 3.92. The average molecular weight is 341 g/mol. The Labute approximate surface area is 143 Å². The van der Waals surface area contributed by atoms with Crippen molar-refractivity contribution in [3.8, 4) is 11.5 Å². The number of benzene rings is 2. The highest BCUT2D eigenvalue weighted by atomic mass is 16.7. The minimum absolute atomic E-state index is 0.0504. The fraction of sp³-hybridized carbons (Fsp3) is 0.167. The molecule has 7 nitrogen and oxygen atoms in total. The number of rotatable bonds is 3. The summed E-state index contributed by atoms with van der Waals surface area (Å²) in [6.45, 7) is 2.67. The van der Waals surface area contributed by atoms with E-state index in [4.69, 9.17) is 15.2 Å². The highest BCUT2D eigenvalue weighted by Crippen LogP contribution is 2.41. The summed E-state index contributed by atoms with van der Waals surface area (Å²) in [6, 6.07) is 7.43. The molecule has 0 fully saturated rings. The number of hydrogen-bond acceptors (Lipinski definition) is 7. The van der Waals surface area contributed by atoms with Gasteiger partial charge >= 0.3 is 5.97 Å². The molecule has 0 saturated heterocycles. The van der Waals surface area contributed by atoms with Gasteiger partial charge in [0.2, 0.25) is 6.29 Å². The number of fused-ring (bicyclic) bond motifs is 2. The second kappa shape index (κ2) is 5.94. The van der Waals surface area contributed by atoms with Crippen LogP contribution in [-0.4, -0.2) is 28.9 Å². The van der Waals surface area contributed by atoms with Gasteiger partial charge in [-0.25, -0.2) is 0 Å². The summed E-state index contributed by atoms with van der Waals surface area (Å²) in [6.07, 6.45) is -0.987. The van der Waals surface area contributed by atoms with Gasteiger partial charge in [0.05, 0.1) is 16.8 Å². The van der Waals surface area contributed by atoms with Crippen molar-refractivity contribution in [2.75, 3.05) is 5.73 Å². The molecule has 0 radical (unpaired) electrons. The molecule has 3 N–H and O–H groups in total. The van der Waals surface area contributed by atoms with Gasteiger partial charge in [-0.2, -0.15) is 0 Å². The van der Waals surface area contributed by atoms with Crippen LogP contribution in [0.1, 0.15) is 45.7 Å². The molecular formula is C18H15NO6. The number of nitrogens with two attached hydrogens (primary N) is 1. The molecule has 7 heteroatoms. The lowest BCUT2D eigenvalue weighted by Crippen LogP contribution is -2.24. The molecule has 0 spiro atoms. The first kappa shape index (κ1) is 16.5. The molecule has 1 aliphatic rings. The van der Waals surface area contributed by atoms with Crippen LogP contribution in [0.15, 0.2) is 30.3 Å². The summed E-state index contributed by atoms with van der Waals surface area (Å²) in [4.78, 5) is 36.4. The zero-order valence-corrected chi connectivity index (χ0v) is 13.5. The van der Waals surface area contributed by atoms with E-state index in [0.717, 1.165) is 6.07 Å². The number of aromatic hydroxyl groups is 1. The van der Waals surface area contributed by atoms with Crippen molar-refractivity contribution in [1.82, 2.24) is 0 Å². The topological polar surface area (TPSA) is 116 Å². The van der Waals surface area contributed by atoms with Crippen LogP contribution in [0.4, 0.5) is 5.69 Å². The molecule has 3 rings (SSSR count). The molecule has 0 bridgehead atoms. The summed E-state index contributed by atoms with van der Waals surface area (Å²) < 4.78 is 10.2. The molecular weight excluding hydrogens is 326 g/mol. The van der Waals surface area contributed by atoms with Gasteiger partial charge in [-0.15, -0.1) is 0 Å². The zero-order chi connectivity index (χ0) is 18.3. The van der Waals surface area contributed by atoms with Crippen LogP contribution < -0.4 is 10.5 Å². The van der Waals surface area contributed by atoms with Gasteiger partial charge in [0, 0.05) is 31.0 Å². The molecule has 2 aromatic rings. The SMILES string of the molecule is CC(=O)OC(C)Oc1cc(O)c2c(c1N)C(=O)c1ccccc1C2=O. The Morgan fingerprint density at radius 1 is 1.12 bits per heavy atom. The average Bonchev–Trinajstić information content (AvgIpc) is 2.55. The highest BCUT2D eigenvalue weighted by molar-refractivity contribution is 6.31. The third kappa shape index (κ3) is 2.69. The Morgan fingerprint density at radius 2 is 1.68 bits per heavy atom. The second-order valence-electron chi connectivity index (χ2n) is 5.56. The van der Waals surface area contributed by atoms with E-state index in [1.54, 1.807) is 12.1 Å². The number of phenols is 1. The van der Waals surface area contributed by atoms with E-state index in [-0.39, 0.29) is 33.7 Å². The zero-order valence-electron chi connectivity index (χ0n) is 13.5. The molecule has 0 saturated carbocycles. The Bertz CT molecular complexity index is 918. The molecule has 0 amide bonds. The Hall–Kier alpha value is -3.35. The molecule has 128 valence electrons. The number of ether oxygens (including phenoxy) is 2. The number of hydrogen-bond donors (Lipinski definition) is 2. The summed E-state index contributed by atoms with van der Waals surface area (Å²) in [5.41, 5.74) is 6.05. The van der Waals surface area contributed by atoms with Crippen molar-refractivity contribution in [2.24, 2.45) is 0 Å². The number of anilines is 1. The minimum atomic E-state index is -0.987. The van der Waals surface area contributed by atoms with Gasteiger partial charge in [-0.1, -0.05) is 24.3 Å². The largest absolute Gasteiger partial charge is 0.507 e. The molecule has 0 aliphatic heterocycles. The van der Waals surface area contributed by atoms with Crippen LogP contribution in [-0.2, 0) is 9.53 Å². The van der Waals surface area contributed by atoms with Crippen LogP contribution in [0.5, 0.6) is 11.5 Å². The van der Waals surface area contributed by atoms with E-state index in [1.165, 1.54) is 26.0 Å². The molecule has 2 aromatic carbocycles. The van der Waals surface area contributed by atoms with Crippen molar-refractivity contribution in [2.45, 2.75) is 20.1 Å². The van der Waals surface area contributed by atoms with E-state index >= 15 is 0 Å². The lowest BCUT2D eigenvalue weighted by Gasteiger charge is -2.23. The second-order valence-corrected chi connectivity index (χ2v) is 5.56. The normalized spacial score (nSPS) is 13.7. The van der Waals surface area contributed by atoms with Crippen molar-refractivity contribution >= 4 is 23.2 Å². The maximum atomic E-state index is 12.8. The number of esters is 1. The van der Waals surface area contributed by atoms with Gasteiger partial charge < -0.3 is 20.3 Å². The van der Waals surface area contributed by atoms with Crippen molar-refractivity contribution in [3.63, 3.8) is 0 Å². The standard InChI is InChI=1S/C18H15NO6/c1-8(20)24-9(2)25-13-7-12(21)14-15(16(13)19)18(23)11-6-4-3-5-10(11)17(14)22/h3-7,9,21H,19H2,1-2H3. The smallest absolute Gasteiger partial charge is 0.305 e. The van der Waals surface area contributed by atoms with Gasteiger partial charge in [-0.05, 0) is 0 Å². The maximum absolute atomic E-state index is 12.8. The quantitative estimate of drug-likeness (QED) is 0.324. The lowest BCUT2D eigenvalue weighted by molar-refractivity contribution is -0.158. The third-order valence-corrected chi connectivity index (χ3v) is 3.80. The Morgan fingerprint density at radius 3 is 2.24 bits per heavy atom. The van der Waals surface area contributed by atoms with Gasteiger partial charge in [0.1, 0.15) is 5.75 Å². The van der Waals surface area contributed by atoms with Crippen molar-refractivity contribution in [3.05, 3.63) is 52.6 Å². The van der Waals surface area contributed by atoms with Gasteiger partial charge in [-0.3, -0.25) is 14.4 Å². The molecule has 1 unspecified atom stereocenters. The van der Waals surface area contributed by atoms with Crippen LogP contribution >= 0.6 is 0 Å². The molecule has 0 heterocycles. The summed E-state index contributed by atoms with van der Waals surface area (Å²) in [5.74, 6) is -2.02. The third-order valence-electron chi connectivity index (χ3n) is 3.80. The van der Waals surface area contributed by atoms with E-state index in [0.29, 0.717) is 0 Å². The predicted octanol–water partition coefficient (Wildman–Crippen LogP) is 2.04. The van der Waals surface area contributed by atoms with Crippen LogP contribution in [0.2, 0.25) is 0 Å². The van der Waals surface area contributed by atoms with E-state index in [1.807, 2.05) is 0 Å². The van der Waals surface area contributed by atoms with E-state index in [9.17, 15) is 19.5 Å². The summed E-state index contributed by atoms with van der Waals surface area (Å²) in [7, 11) is 0. The number of carbonyl (C=O) groups excluding carboxylic acids is 3. The van der Waals surface area contributed by atoms with E-state index < -0.39 is 29.6 Å². The Balaban J connectivity index is 2.12. The van der Waals surface area contributed by atoms with Crippen LogP contribution in [0.3, 0.4) is 0 Å². The van der Waals surface area contributed by atoms with Crippen LogP contribution in [0, 0.1) is 0 Å². The lowest BCUT2D eigenvalue weighted by atomic mass is 9.82. The fourth-order valence-corrected chi connectivity index (χ4v) is 2.81. The molecule has 1 atom stereocenters. The van der Waals surface area contributed by atoms with Crippen molar-refractivity contribution in [1.29, 1.82) is 0 Å². The summed E-state index contributed by atoms with van der Waals surface area (Å²) >= 11 is 0. The van der Waals surface area contributed by atoms with Gasteiger partial charge in [0.15, 0.2) is 17.3 Å². The maximum Gasteiger partial charge on any atom is 0.305 e. The number of carbonyl (C=O) groups is 3. The molecule has 1 aliphatic carbocycles. The molecule has 25 heavy (non-hydrogen) atoms. The first-order valence-corrected chi connectivity index (χ1v) is 7.49. The number of nitrogen functional groups attached to an aromatic ring is 1. The monoisotopic (exact) mass is 341 g/mol. The molecule has 0 aromatic heterocycles. The van der Waals surface area contributed by atoms with Crippen molar-refractivity contribution < 1.29 is 29.0 Å². The minimum Gasteiger partial charge on any atom is -0.507 e. The highest BCUT2D eigenvalue weighted by Gasteiger charge is 2.35. The van der Waals surface area contributed by atoms with Crippen LogP contribution in [0.25, 0.3) is 0 Å². The fourth-order valence-electron chi connectivity index (χ4n) is 2.81. The predicted molar refractivity (Wildman–Crippen MR) is 87.7 cm³/mol. The first-order chi connectivity index (χ1) is 11.8. The summed E-state index contributed by atoms with van der Waals surface area (Å²) in [5, 5.41) is 10.3. The van der Waals surface area contributed by atoms with E-state index in [2.05, 4.69) is 0 Å². The number of ketones is 2. The first-order valence-electron chi connectivity index (χ1n) is 7.49. The number of phenolic OH excluding ortho intramolecular Hbond substituents is 1.